The normalized spacial score (nSPS) is 16.9. The summed E-state index contributed by atoms with van der Waals surface area (Å²) in [6, 6.07) is 7.45. The lowest BCUT2D eigenvalue weighted by Crippen LogP contribution is -2.40. The molecule has 1 atom stereocenters. The molecule has 0 spiro atoms. The lowest BCUT2D eigenvalue weighted by Gasteiger charge is -2.25. The van der Waals surface area contributed by atoms with Gasteiger partial charge in [0.1, 0.15) is 6.04 Å². The number of para-hydroxylation sites is 1. The molecule has 0 fully saturated rings. The largest absolute Gasteiger partial charge is 0.469 e. The molecule has 19 heavy (non-hydrogen) atoms. The van der Waals surface area contributed by atoms with Crippen molar-refractivity contribution in [3.63, 3.8) is 0 Å². The van der Waals surface area contributed by atoms with Crippen LogP contribution in [0.3, 0.4) is 0 Å². The zero-order chi connectivity index (χ0) is 13.8. The summed E-state index contributed by atoms with van der Waals surface area (Å²) in [4.78, 5) is 25.0. The van der Waals surface area contributed by atoms with Gasteiger partial charge in [-0.1, -0.05) is 18.2 Å². The minimum atomic E-state index is -0.355. The summed E-state index contributed by atoms with van der Waals surface area (Å²) in [5.41, 5.74) is 2.09. The van der Waals surface area contributed by atoms with Gasteiger partial charge in [0.2, 0.25) is 0 Å². The van der Waals surface area contributed by atoms with Gasteiger partial charge in [-0.05, 0) is 11.6 Å². The fourth-order valence-corrected chi connectivity index (χ4v) is 2.39. The van der Waals surface area contributed by atoms with Crippen molar-refractivity contribution in [2.24, 2.45) is 0 Å². The quantitative estimate of drug-likeness (QED) is 0.763. The molecule has 1 aromatic rings. The zero-order valence-corrected chi connectivity index (χ0v) is 11.1. The Balaban J connectivity index is 2.18. The Bertz CT molecular complexity index is 486. The SMILES string of the molecule is COC(=O)CCN1c2ccccc2CC1C(=O)OC. The number of esters is 2. The van der Waals surface area contributed by atoms with Crippen LogP contribution in [0.2, 0.25) is 0 Å². The molecule has 1 heterocycles. The van der Waals surface area contributed by atoms with Crippen LogP contribution in [0, 0.1) is 0 Å². The Labute approximate surface area is 112 Å². The molecule has 102 valence electrons. The van der Waals surface area contributed by atoms with Gasteiger partial charge in [-0.2, -0.15) is 0 Å². The molecule has 0 amide bonds. The van der Waals surface area contributed by atoms with Gasteiger partial charge in [-0.25, -0.2) is 4.79 Å². The Hall–Kier alpha value is -2.04. The first-order chi connectivity index (χ1) is 9.17. The molecule has 1 aliphatic rings. The van der Waals surface area contributed by atoms with Crippen LogP contribution in [-0.2, 0) is 25.5 Å². The number of ether oxygens (including phenoxy) is 2. The van der Waals surface area contributed by atoms with Gasteiger partial charge in [0.05, 0.1) is 20.6 Å². The van der Waals surface area contributed by atoms with Crippen molar-refractivity contribution in [1.29, 1.82) is 0 Å². The van der Waals surface area contributed by atoms with E-state index in [9.17, 15) is 9.59 Å². The summed E-state index contributed by atoms with van der Waals surface area (Å²) in [5.74, 6) is -0.561. The van der Waals surface area contributed by atoms with Crippen LogP contribution in [0.15, 0.2) is 24.3 Å². The molecule has 1 aromatic carbocycles. The zero-order valence-electron chi connectivity index (χ0n) is 11.1. The first kappa shape index (κ1) is 13.4. The summed E-state index contributed by atoms with van der Waals surface area (Å²) in [5, 5.41) is 0. The van der Waals surface area contributed by atoms with Gasteiger partial charge in [-0.3, -0.25) is 4.79 Å². The molecule has 2 rings (SSSR count). The van der Waals surface area contributed by atoms with Crippen LogP contribution in [0.4, 0.5) is 5.69 Å². The Kier molecular flexibility index (Phi) is 4.04. The number of anilines is 1. The first-order valence-electron chi connectivity index (χ1n) is 6.16. The molecule has 5 heteroatoms. The molecular formula is C14H17NO4. The van der Waals surface area contributed by atoms with Crippen molar-refractivity contribution in [2.75, 3.05) is 25.7 Å². The van der Waals surface area contributed by atoms with Crippen molar-refractivity contribution < 1.29 is 19.1 Å². The van der Waals surface area contributed by atoms with E-state index in [-0.39, 0.29) is 24.4 Å². The smallest absolute Gasteiger partial charge is 0.328 e. The number of hydrogen-bond acceptors (Lipinski definition) is 5. The van der Waals surface area contributed by atoms with E-state index < -0.39 is 0 Å². The van der Waals surface area contributed by atoms with Crippen LogP contribution in [0.1, 0.15) is 12.0 Å². The molecule has 0 aliphatic carbocycles. The second-order valence-corrected chi connectivity index (χ2v) is 4.39. The molecule has 0 aromatic heterocycles. The number of methoxy groups -OCH3 is 2. The van der Waals surface area contributed by atoms with E-state index >= 15 is 0 Å². The number of fused-ring (bicyclic) bond motifs is 1. The summed E-state index contributed by atoms with van der Waals surface area (Å²) in [6.45, 7) is 0.448. The lowest BCUT2D eigenvalue weighted by molar-refractivity contribution is -0.143. The molecule has 0 radical (unpaired) electrons. The van der Waals surface area contributed by atoms with Gasteiger partial charge in [0, 0.05) is 18.7 Å². The van der Waals surface area contributed by atoms with E-state index in [4.69, 9.17) is 4.74 Å². The second-order valence-electron chi connectivity index (χ2n) is 4.39. The third-order valence-electron chi connectivity index (χ3n) is 3.35. The van der Waals surface area contributed by atoms with Crippen molar-refractivity contribution in [3.05, 3.63) is 29.8 Å². The highest BCUT2D eigenvalue weighted by atomic mass is 16.5. The van der Waals surface area contributed by atoms with E-state index in [2.05, 4.69) is 4.74 Å². The number of benzene rings is 1. The summed E-state index contributed by atoms with van der Waals surface area (Å²) < 4.78 is 9.47. The molecule has 1 aliphatic heterocycles. The van der Waals surface area contributed by atoms with E-state index in [0.717, 1.165) is 11.3 Å². The van der Waals surface area contributed by atoms with Crippen molar-refractivity contribution in [3.8, 4) is 0 Å². The third-order valence-corrected chi connectivity index (χ3v) is 3.35. The second kappa shape index (κ2) is 5.73. The van der Waals surface area contributed by atoms with Gasteiger partial charge in [0.25, 0.3) is 0 Å². The van der Waals surface area contributed by atoms with Crippen molar-refractivity contribution >= 4 is 17.6 Å². The average molecular weight is 263 g/mol. The molecule has 0 N–H and O–H groups in total. The minimum absolute atomic E-state index is 0.248. The average Bonchev–Trinajstić information content (AvgIpc) is 2.82. The molecule has 5 nitrogen and oxygen atoms in total. The number of carbonyl (C=O) groups excluding carboxylic acids is 2. The fourth-order valence-electron chi connectivity index (χ4n) is 2.39. The van der Waals surface area contributed by atoms with Gasteiger partial charge >= 0.3 is 11.9 Å². The maximum absolute atomic E-state index is 11.8. The number of nitrogens with zero attached hydrogens (tertiary/aromatic N) is 1. The van der Waals surface area contributed by atoms with Crippen molar-refractivity contribution in [1.82, 2.24) is 0 Å². The third kappa shape index (κ3) is 2.70. The Morgan fingerprint density at radius 2 is 2.00 bits per heavy atom. The number of rotatable bonds is 4. The van der Waals surface area contributed by atoms with Crippen LogP contribution >= 0.6 is 0 Å². The molecule has 0 saturated heterocycles. The molecule has 0 bridgehead atoms. The maximum atomic E-state index is 11.8. The van der Waals surface area contributed by atoms with Crippen molar-refractivity contribution in [2.45, 2.75) is 18.9 Å². The van der Waals surface area contributed by atoms with Crippen LogP contribution in [-0.4, -0.2) is 38.7 Å². The van der Waals surface area contributed by atoms with Crippen LogP contribution < -0.4 is 4.90 Å². The molecular weight excluding hydrogens is 246 g/mol. The number of carbonyl (C=O) groups is 2. The van der Waals surface area contributed by atoms with E-state index in [1.807, 2.05) is 29.2 Å². The monoisotopic (exact) mass is 263 g/mol. The van der Waals surface area contributed by atoms with Crippen LogP contribution in [0.25, 0.3) is 0 Å². The van der Waals surface area contributed by atoms with Crippen LogP contribution in [0.5, 0.6) is 0 Å². The van der Waals surface area contributed by atoms with Gasteiger partial charge < -0.3 is 14.4 Å². The number of hydrogen-bond donors (Lipinski definition) is 0. The van der Waals surface area contributed by atoms with Gasteiger partial charge in [-0.15, -0.1) is 0 Å². The molecule has 1 unspecified atom stereocenters. The van der Waals surface area contributed by atoms with E-state index in [1.165, 1.54) is 14.2 Å². The summed E-state index contributed by atoms with van der Waals surface area (Å²) in [6.07, 6.45) is 0.863. The van der Waals surface area contributed by atoms with E-state index in [1.54, 1.807) is 0 Å². The first-order valence-corrected chi connectivity index (χ1v) is 6.16. The Morgan fingerprint density at radius 3 is 2.68 bits per heavy atom. The predicted octanol–water partition coefficient (Wildman–Crippen LogP) is 1.15. The minimum Gasteiger partial charge on any atom is -0.469 e. The van der Waals surface area contributed by atoms with E-state index in [0.29, 0.717) is 13.0 Å². The topological polar surface area (TPSA) is 55.8 Å². The predicted molar refractivity (Wildman–Crippen MR) is 69.9 cm³/mol. The lowest BCUT2D eigenvalue weighted by atomic mass is 10.1. The Morgan fingerprint density at radius 1 is 1.26 bits per heavy atom. The molecule has 0 saturated carbocycles. The maximum Gasteiger partial charge on any atom is 0.328 e. The highest BCUT2D eigenvalue weighted by molar-refractivity contribution is 5.84. The van der Waals surface area contributed by atoms with Gasteiger partial charge in [0.15, 0.2) is 0 Å². The highest BCUT2D eigenvalue weighted by Gasteiger charge is 2.34. The summed E-state index contributed by atoms with van der Waals surface area (Å²) >= 11 is 0. The highest BCUT2D eigenvalue weighted by Crippen LogP contribution is 2.32. The standard InChI is InChI=1S/C14H17NO4/c1-18-13(16)7-8-15-11-6-4-3-5-10(11)9-12(15)14(17)19-2/h3-6,12H,7-9H2,1-2H3. The summed E-state index contributed by atoms with van der Waals surface area (Å²) in [7, 11) is 2.74. The fraction of sp³-hybridized carbons (Fsp3) is 0.429.